The van der Waals surface area contributed by atoms with Crippen molar-refractivity contribution in [3.63, 3.8) is 0 Å². The Balaban J connectivity index is 1.74. The quantitative estimate of drug-likeness (QED) is 0.225. The lowest BCUT2D eigenvalue weighted by atomic mass is 9.93. The summed E-state index contributed by atoms with van der Waals surface area (Å²) in [4.78, 5) is 44.1. The third-order valence-electron chi connectivity index (χ3n) is 8.05. The number of nitrogens with one attached hydrogen (secondary N) is 1. The molecule has 45 heavy (non-hydrogen) atoms. The highest BCUT2D eigenvalue weighted by molar-refractivity contribution is 5.99. The summed E-state index contributed by atoms with van der Waals surface area (Å²) in [5.74, 6) is -5.18. The monoisotopic (exact) mass is 630 g/mol. The number of hydrogen-bond donors (Lipinski definition) is 2. The topological polar surface area (TPSA) is 105 Å². The first-order valence-corrected chi connectivity index (χ1v) is 14.0. The molecule has 2 aromatic carbocycles. The number of aromatic nitrogens is 2. The van der Waals surface area contributed by atoms with Gasteiger partial charge in [0.15, 0.2) is 0 Å². The fourth-order valence-corrected chi connectivity index (χ4v) is 5.08. The number of carboxylic acid groups (broad SMARTS) is 1. The van der Waals surface area contributed by atoms with E-state index in [4.69, 9.17) is 0 Å². The third-order valence-corrected chi connectivity index (χ3v) is 8.05. The number of carbonyl (C=O) groups is 2. The number of fused-ring (bicyclic) bond motifs is 1. The van der Waals surface area contributed by atoms with E-state index in [1.165, 1.54) is 44.4 Å². The van der Waals surface area contributed by atoms with E-state index in [0.717, 1.165) is 22.8 Å². The van der Waals surface area contributed by atoms with Crippen molar-refractivity contribution in [1.29, 1.82) is 0 Å². The molecule has 2 N–H and O–H groups in total. The zero-order valence-electron chi connectivity index (χ0n) is 25.1. The maximum absolute atomic E-state index is 15.0. The van der Waals surface area contributed by atoms with E-state index < -0.39 is 64.4 Å². The molecule has 0 unspecified atom stereocenters. The van der Waals surface area contributed by atoms with Crippen molar-refractivity contribution in [2.24, 2.45) is 7.05 Å². The normalized spacial score (nSPS) is 13.0. The van der Waals surface area contributed by atoms with Crippen molar-refractivity contribution in [3.05, 3.63) is 93.0 Å². The van der Waals surface area contributed by atoms with E-state index in [2.05, 4.69) is 10.3 Å². The van der Waals surface area contributed by atoms with Crippen molar-refractivity contribution < 1.29 is 36.6 Å². The fourth-order valence-electron chi connectivity index (χ4n) is 5.08. The molecule has 238 valence electrons. The second kappa shape index (κ2) is 12.7. The molecule has 13 heteroatoms. The van der Waals surface area contributed by atoms with Gasteiger partial charge in [0.05, 0.1) is 16.6 Å². The van der Waals surface area contributed by atoms with Crippen LogP contribution in [0.2, 0.25) is 0 Å². The molecular weight excluding hydrogens is 599 g/mol. The number of benzene rings is 2. The van der Waals surface area contributed by atoms with Crippen LogP contribution in [-0.4, -0.2) is 45.7 Å². The fraction of sp³-hybridized carbons (Fsp3) is 0.312. The van der Waals surface area contributed by atoms with Gasteiger partial charge < -0.3 is 19.9 Å². The molecule has 1 amide bonds. The Morgan fingerprint density at radius 1 is 1.11 bits per heavy atom. The molecule has 0 aliphatic rings. The van der Waals surface area contributed by atoms with Crippen molar-refractivity contribution in [2.75, 3.05) is 11.9 Å². The van der Waals surface area contributed by atoms with Gasteiger partial charge in [0.25, 0.3) is 11.5 Å². The molecule has 2 aromatic heterocycles. The van der Waals surface area contributed by atoms with Crippen LogP contribution in [0.5, 0.6) is 0 Å². The number of halogens is 5. The number of nitrogens with zero attached hydrogens (tertiary/aromatic N) is 3. The molecule has 0 radical (unpaired) electrons. The predicted molar refractivity (Wildman–Crippen MR) is 159 cm³/mol. The Morgan fingerprint density at radius 3 is 2.33 bits per heavy atom. The second-order valence-electron chi connectivity index (χ2n) is 10.8. The number of rotatable bonds is 9. The van der Waals surface area contributed by atoms with E-state index in [0.29, 0.717) is 6.42 Å². The first kappa shape index (κ1) is 33.1. The van der Waals surface area contributed by atoms with Gasteiger partial charge in [-0.05, 0) is 50.1 Å². The highest BCUT2D eigenvalue weighted by atomic mass is 19.4. The minimum Gasteiger partial charge on any atom is -0.480 e. The van der Waals surface area contributed by atoms with Gasteiger partial charge in [-0.2, -0.15) is 13.2 Å². The highest BCUT2D eigenvalue weighted by Crippen LogP contribution is 2.38. The van der Waals surface area contributed by atoms with Crippen LogP contribution in [0, 0.1) is 18.6 Å². The van der Waals surface area contributed by atoms with Crippen LogP contribution in [0.15, 0.2) is 53.5 Å². The number of aryl methyl sites for hydroxylation is 1. The van der Waals surface area contributed by atoms with Crippen LogP contribution in [0.3, 0.4) is 0 Å². The van der Waals surface area contributed by atoms with Gasteiger partial charge >= 0.3 is 12.1 Å². The molecule has 0 spiro atoms. The molecule has 0 saturated carbocycles. The summed E-state index contributed by atoms with van der Waals surface area (Å²) in [7, 11) is 2.99. The lowest BCUT2D eigenvalue weighted by molar-refractivity contribution is -0.139. The first-order chi connectivity index (χ1) is 21.1. The lowest BCUT2D eigenvalue weighted by Crippen LogP contribution is -2.43. The van der Waals surface area contributed by atoms with E-state index in [1.807, 2.05) is 13.8 Å². The van der Waals surface area contributed by atoms with Crippen molar-refractivity contribution >= 4 is 28.5 Å². The summed E-state index contributed by atoms with van der Waals surface area (Å²) in [6.45, 7) is 5.13. The molecule has 2 heterocycles. The number of aliphatic carboxylic acids is 1. The van der Waals surface area contributed by atoms with Crippen LogP contribution in [0.25, 0.3) is 22.0 Å². The van der Waals surface area contributed by atoms with Crippen molar-refractivity contribution in [1.82, 2.24) is 14.9 Å². The smallest absolute Gasteiger partial charge is 0.417 e. The summed E-state index contributed by atoms with van der Waals surface area (Å²) < 4.78 is 73.3. The molecule has 0 fully saturated rings. The molecule has 0 aliphatic carbocycles. The second-order valence-corrected chi connectivity index (χ2v) is 10.8. The predicted octanol–water partition coefficient (Wildman–Crippen LogP) is 5.87. The Hall–Kier alpha value is -4.81. The van der Waals surface area contributed by atoms with Crippen LogP contribution < -0.4 is 15.8 Å². The minimum atomic E-state index is -4.86. The average molecular weight is 631 g/mol. The van der Waals surface area contributed by atoms with Crippen LogP contribution in [-0.2, 0) is 24.4 Å². The maximum atomic E-state index is 15.0. The molecular formula is C32H31F5N4O4. The number of pyridine rings is 2. The number of alkyl halides is 3. The first-order valence-electron chi connectivity index (χ1n) is 14.0. The Labute approximate surface area is 255 Å². The van der Waals surface area contributed by atoms with Gasteiger partial charge in [0.2, 0.25) is 0 Å². The largest absolute Gasteiger partial charge is 0.480 e. The minimum absolute atomic E-state index is 0.00461. The molecule has 8 nitrogen and oxygen atoms in total. The molecule has 0 aliphatic heterocycles. The molecule has 4 aromatic rings. The molecule has 0 bridgehead atoms. The van der Waals surface area contributed by atoms with Crippen LogP contribution in [0.1, 0.15) is 47.4 Å². The SMILES string of the molecule is CC[C@H](C)N(C)c1cc(F)c(C(=O)N[C@@H](Cc2ccc(-c3c(C(F)(F)F)cc(C)n(C)c3=O)c3ncccc23)C(=O)O)c(F)c1. The number of carboxylic acids is 1. The highest BCUT2D eigenvalue weighted by Gasteiger charge is 2.37. The zero-order valence-corrected chi connectivity index (χ0v) is 25.1. The number of hydrogen-bond acceptors (Lipinski definition) is 5. The van der Waals surface area contributed by atoms with Crippen LogP contribution in [0.4, 0.5) is 27.6 Å². The molecule has 2 atom stereocenters. The van der Waals surface area contributed by atoms with Crippen molar-refractivity contribution in [3.8, 4) is 11.1 Å². The number of amides is 1. The summed E-state index contributed by atoms with van der Waals surface area (Å²) in [5.41, 5.74) is -3.22. The summed E-state index contributed by atoms with van der Waals surface area (Å²) in [6.07, 6.45) is -3.28. The van der Waals surface area contributed by atoms with Crippen LogP contribution >= 0.6 is 0 Å². The number of anilines is 1. The summed E-state index contributed by atoms with van der Waals surface area (Å²) in [6, 6.07) is 6.63. The lowest BCUT2D eigenvalue weighted by Gasteiger charge is -2.26. The van der Waals surface area contributed by atoms with Gasteiger partial charge in [0.1, 0.15) is 23.2 Å². The average Bonchev–Trinajstić information content (AvgIpc) is 2.98. The van der Waals surface area contributed by atoms with E-state index >= 15 is 0 Å². The van der Waals surface area contributed by atoms with Crippen molar-refractivity contribution in [2.45, 2.75) is 51.9 Å². The maximum Gasteiger partial charge on any atom is 0.417 e. The third kappa shape index (κ3) is 6.52. The van der Waals surface area contributed by atoms with E-state index in [9.17, 15) is 41.4 Å². The Bertz CT molecular complexity index is 1830. The Kier molecular flexibility index (Phi) is 9.31. The van der Waals surface area contributed by atoms with Gasteiger partial charge in [-0.3, -0.25) is 14.6 Å². The number of carbonyl (C=O) groups excluding carboxylic acids is 1. The molecule has 0 saturated heterocycles. The molecule has 4 rings (SSSR count). The van der Waals surface area contributed by atoms with Gasteiger partial charge in [-0.25, -0.2) is 13.6 Å². The summed E-state index contributed by atoms with van der Waals surface area (Å²) in [5, 5.41) is 12.3. The Morgan fingerprint density at radius 2 is 1.76 bits per heavy atom. The van der Waals surface area contributed by atoms with Gasteiger partial charge in [-0.15, -0.1) is 0 Å². The van der Waals surface area contributed by atoms with E-state index in [1.54, 1.807) is 11.9 Å². The standard InChI is InChI=1S/C32H31F5N4O4/c1-6-16(2)40(4)19-14-23(33)27(24(34)15-19)29(42)39-25(31(44)45)13-18-9-10-21(28-20(18)8-7-11-38-28)26-22(32(35,36)37)12-17(3)41(5)30(26)43/h7-12,14-16,25H,6,13H2,1-5H3,(H,39,42)(H,44,45)/t16-,25-/m0/s1. The van der Waals surface area contributed by atoms with Gasteiger partial charge in [0, 0.05) is 55.1 Å². The van der Waals surface area contributed by atoms with E-state index in [-0.39, 0.29) is 39.5 Å². The summed E-state index contributed by atoms with van der Waals surface area (Å²) >= 11 is 0. The zero-order chi connectivity index (χ0) is 33.4. The van der Waals surface area contributed by atoms with Gasteiger partial charge in [-0.1, -0.05) is 25.1 Å².